The van der Waals surface area contributed by atoms with E-state index < -0.39 is 56.8 Å². The molecule has 0 saturated carbocycles. The molecule has 2 bridgehead atoms. The Morgan fingerprint density at radius 3 is 2.69 bits per heavy atom. The number of hydrogen-bond acceptors (Lipinski definition) is 5. The number of anilines is 1. The lowest BCUT2D eigenvalue weighted by Gasteiger charge is -2.29. The van der Waals surface area contributed by atoms with E-state index in [0.29, 0.717) is 6.07 Å². The summed E-state index contributed by atoms with van der Waals surface area (Å²) in [5.41, 5.74) is -3.09. The van der Waals surface area contributed by atoms with Crippen LogP contribution < -0.4 is 4.72 Å². The van der Waals surface area contributed by atoms with Gasteiger partial charge in [0.05, 0.1) is 35.5 Å². The Labute approximate surface area is 147 Å². The summed E-state index contributed by atoms with van der Waals surface area (Å²) < 4.78 is 72.3. The van der Waals surface area contributed by atoms with Crippen molar-refractivity contribution in [2.24, 2.45) is 5.92 Å². The fraction of sp³-hybridized carbons (Fsp3) is 0.438. The third kappa shape index (κ3) is 2.96. The second-order valence-corrected chi connectivity index (χ2v) is 8.23. The number of nitrogens with one attached hydrogen (secondary N) is 1. The van der Waals surface area contributed by atoms with Gasteiger partial charge in [0.1, 0.15) is 5.25 Å². The van der Waals surface area contributed by atoms with E-state index in [1.54, 1.807) is 19.1 Å². The van der Waals surface area contributed by atoms with Crippen molar-refractivity contribution in [2.45, 2.75) is 30.1 Å². The molecule has 26 heavy (non-hydrogen) atoms. The molecule has 1 aromatic rings. The minimum atomic E-state index is -4.80. The van der Waals surface area contributed by atoms with Gasteiger partial charge in [-0.1, -0.05) is 12.2 Å². The molecule has 0 radical (unpaired) electrons. The number of nitrogens with zero attached hydrogens (tertiary/aromatic N) is 1. The quantitative estimate of drug-likeness (QED) is 0.769. The van der Waals surface area contributed by atoms with E-state index in [2.05, 4.69) is 4.72 Å². The maximum absolute atomic E-state index is 13.0. The van der Waals surface area contributed by atoms with Crippen molar-refractivity contribution < 1.29 is 31.4 Å². The van der Waals surface area contributed by atoms with E-state index in [0.717, 1.165) is 12.1 Å². The topological polar surface area (TPSA) is 99.4 Å². The number of aliphatic hydroxyl groups is 1. The van der Waals surface area contributed by atoms with Crippen molar-refractivity contribution in [1.82, 2.24) is 0 Å². The van der Waals surface area contributed by atoms with Gasteiger partial charge in [-0.25, -0.2) is 8.42 Å². The zero-order valence-electron chi connectivity index (χ0n) is 13.5. The van der Waals surface area contributed by atoms with Gasteiger partial charge in [-0.05, 0) is 25.1 Å². The highest BCUT2D eigenvalue weighted by atomic mass is 32.2. The minimum absolute atomic E-state index is 0.315. The first-order valence-electron chi connectivity index (χ1n) is 7.63. The second kappa shape index (κ2) is 5.97. The fourth-order valence-corrected chi connectivity index (χ4v) is 5.33. The Morgan fingerprint density at radius 2 is 2.12 bits per heavy atom. The van der Waals surface area contributed by atoms with Crippen LogP contribution in [0.5, 0.6) is 0 Å². The largest absolute Gasteiger partial charge is 0.417 e. The van der Waals surface area contributed by atoms with Crippen LogP contribution in [0.2, 0.25) is 0 Å². The van der Waals surface area contributed by atoms with Crippen molar-refractivity contribution >= 4 is 15.7 Å². The van der Waals surface area contributed by atoms with E-state index in [1.807, 2.05) is 0 Å². The summed E-state index contributed by atoms with van der Waals surface area (Å²) in [5, 5.41) is 17.2. The molecular formula is C16H15F3N2O4S. The van der Waals surface area contributed by atoms with Crippen LogP contribution in [-0.2, 0) is 20.9 Å². The van der Waals surface area contributed by atoms with Crippen LogP contribution in [0.1, 0.15) is 18.1 Å². The summed E-state index contributed by atoms with van der Waals surface area (Å²) in [6.07, 6.45) is -2.36. The molecule has 3 rings (SSSR count). The van der Waals surface area contributed by atoms with Crippen LogP contribution in [0.3, 0.4) is 0 Å². The molecule has 10 heteroatoms. The number of sulfonamides is 1. The molecule has 0 amide bonds. The molecule has 2 aliphatic rings. The van der Waals surface area contributed by atoms with Crippen molar-refractivity contribution in [2.75, 3.05) is 11.3 Å². The molecule has 0 spiro atoms. The Hall–Kier alpha value is -2.09. The molecule has 6 nitrogen and oxygen atoms in total. The van der Waals surface area contributed by atoms with Gasteiger partial charge in [-0.2, -0.15) is 18.4 Å². The predicted octanol–water partition coefficient (Wildman–Crippen LogP) is 2.02. The number of halogens is 3. The molecule has 1 fully saturated rings. The summed E-state index contributed by atoms with van der Waals surface area (Å²) >= 11 is 0. The summed E-state index contributed by atoms with van der Waals surface area (Å²) in [7, 11) is -4.16. The van der Waals surface area contributed by atoms with Crippen molar-refractivity contribution in [1.29, 1.82) is 5.26 Å². The van der Waals surface area contributed by atoms with Crippen LogP contribution in [0.15, 0.2) is 30.4 Å². The highest BCUT2D eigenvalue weighted by Gasteiger charge is 2.58. The van der Waals surface area contributed by atoms with Gasteiger partial charge >= 0.3 is 6.18 Å². The van der Waals surface area contributed by atoms with Crippen molar-refractivity contribution in [3.05, 3.63) is 41.5 Å². The van der Waals surface area contributed by atoms with Crippen LogP contribution in [0, 0.1) is 17.2 Å². The first-order chi connectivity index (χ1) is 12.0. The van der Waals surface area contributed by atoms with E-state index in [4.69, 9.17) is 10.00 Å². The Kier molecular flexibility index (Phi) is 4.29. The number of aliphatic hydroxyl groups excluding tert-OH is 1. The minimum Gasteiger partial charge on any atom is -0.396 e. The van der Waals surface area contributed by atoms with Crippen molar-refractivity contribution in [3.8, 4) is 6.07 Å². The number of rotatable bonds is 4. The van der Waals surface area contributed by atoms with E-state index >= 15 is 0 Å². The third-order valence-electron chi connectivity index (χ3n) is 4.72. The maximum Gasteiger partial charge on any atom is 0.417 e. The highest BCUT2D eigenvalue weighted by Crippen LogP contribution is 2.46. The monoisotopic (exact) mass is 388 g/mol. The summed E-state index contributed by atoms with van der Waals surface area (Å²) in [4.78, 5) is 0. The summed E-state index contributed by atoms with van der Waals surface area (Å²) in [5.74, 6) is -0.754. The van der Waals surface area contributed by atoms with Crippen LogP contribution >= 0.6 is 0 Å². The number of ether oxygens (including phenoxy) is 1. The first-order valence-corrected chi connectivity index (χ1v) is 9.17. The Balaban J connectivity index is 1.94. The molecule has 2 N–H and O–H groups in total. The third-order valence-corrected chi connectivity index (χ3v) is 6.56. The fourth-order valence-electron chi connectivity index (χ4n) is 3.45. The smallest absolute Gasteiger partial charge is 0.396 e. The SMILES string of the molecule is C[C@]12C=C[C@H](O1)[C@H](S(=O)(=O)Nc1ccc(C#N)c(C(F)(F)F)c1)[C@@H]2CO. The molecule has 4 atom stereocenters. The van der Waals surface area contributed by atoms with Gasteiger partial charge in [-0.15, -0.1) is 0 Å². The number of fused-ring (bicyclic) bond motifs is 2. The van der Waals surface area contributed by atoms with Gasteiger partial charge < -0.3 is 9.84 Å². The standard InChI is InChI=1S/C16H15F3N2O4S/c1-15-5-4-13(25-15)14(12(15)8-22)26(23,24)21-10-3-2-9(7-20)11(6-10)16(17,18)19/h2-6,12-14,21-22H,8H2,1H3/t12-,13-,14+,15+/m0/s1. The van der Waals surface area contributed by atoms with Gasteiger partial charge in [0.25, 0.3) is 0 Å². The molecule has 0 aromatic heterocycles. The van der Waals surface area contributed by atoms with Gasteiger partial charge in [-0.3, -0.25) is 4.72 Å². The average Bonchev–Trinajstić information content (AvgIpc) is 3.06. The molecule has 1 saturated heterocycles. The number of nitriles is 1. The average molecular weight is 388 g/mol. The van der Waals surface area contributed by atoms with Crippen molar-refractivity contribution in [3.63, 3.8) is 0 Å². The molecule has 0 unspecified atom stereocenters. The molecule has 2 heterocycles. The molecule has 2 aliphatic heterocycles. The maximum atomic E-state index is 13.0. The van der Waals surface area contributed by atoms with E-state index in [-0.39, 0.29) is 5.69 Å². The number of hydrogen-bond donors (Lipinski definition) is 2. The molecular weight excluding hydrogens is 373 g/mol. The van der Waals surface area contributed by atoms with E-state index in [1.165, 1.54) is 6.07 Å². The zero-order valence-corrected chi connectivity index (χ0v) is 14.3. The lowest BCUT2D eigenvalue weighted by atomic mass is 9.84. The first kappa shape index (κ1) is 18.7. The summed E-state index contributed by atoms with van der Waals surface area (Å²) in [6.45, 7) is 1.19. The van der Waals surface area contributed by atoms with Crippen LogP contribution in [0.4, 0.5) is 18.9 Å². The normalized spacial score (nSPS) is 30.4. The van der Waals surface area contributed by atoms with Crippen LogP contribution in [-0.4, -0.2) is 37.1 Å². The summed E-state index contributed by atoms with van der Waals surface area (Å²) in [6, 6.07) is 4.00. The van der Waals surface area contributed by atoms with Crippen LogP contribution in [0.25, 0.3) is 0 Å². The molecule has 0 aliphatic carbocycles. The Bertz CT molecular complexity index is 907. The predicted molar refractivity (Wildman–Crippen MR) is 85.5 cm³/mol. The molecule has 140 valence electrons. The zero-order chi connectivity index (χ0) is 19.3. The van der Waals surface area contributed by atoms with Gasteiger partial charge in [0.15, 0.2) is 0 Å². The number of alkyl halides is 3. The second-order valence-electron chi connectivity index (χ2n) is 6.40. The Morgan fingerprint density at radius 1 is 1.42 bits per heavy atom. The van der Waals surface area contributed by atoms with Gasteiger partial charge in [0, 0.05) is 11.6 Å². The molecule has 1 aromatic carbocycles. The highest BCUT2D eigenvalue weighted by molar-refractivity contribution is 7.93. The van der Waals surface area contributed by atoms with Gasteiger partial charge in [0.2, 0.25) is 10.0 Å². The lowest BCUT2D eigenvalue weighted by Crippen LogP contribution is -2.45. The van der Waals surface area contributed by atoms with E-state index in [9.17, 15) is 26.7 Å². The lowest BCUT2D eigenvalue weighted by molar-refractivity contribution is -0.137. The number of benzene rings is 1.